The van der Waals surface area contributed by atoms with Crippen molar-refractivity contribution >= 4 is 11.7 Å². The highest BCUT2D eigenvalue weighted by molar-refractivity contribution is 5.85. The van der Waals surface area contributed by atoms with Crippen LogP contribution < -0.4 is 5.43 Å². The van der Waals surface area contributed by atoms with Gasteiger partial charge in [-0.25, -0.2) is 15.4 Å². The van der Waals surface area contributed by atoms with Crippen molar-refractivity contribution in [3.8, 4) is 0 Å². The van der Waals surface area contributed by atoms with Gasteiger partial charge in [0.2, 0.25) is 5.95 Å². The first-order valence-corrected chi connectivity index (χ1v) is 6.27. The summed E-state index contributed by atoms with van der Waals surface area (Å²) in [5.41, 5.74) is 6.16. The number of nitrogens with zero attached hydrogens (tertiary/aromatic N) is 3. The second-order valence-corrected chi connectivity index (χ2v) is 4.97. The molecule has 1 aliphatic carbocycles. The molecule has 1 fully saturated rings. The van der Waals surface area contributed by atoms with Crippen LogP contribution in [0.3, 0.4) is 0 Å². The molecule has 17 heavy (non-hydrogen) atoms. The first kappa shape index (κ1) is 12.0. The Morgan fingerprint density at radius 1 is 1.29 bits per heavy atom. The lowest BCUT2D eigenvalue weighted by atomic mass is 9.89. The molecule has 4 nitrogen and oxygen atoms in total. The Kier molecular flexibility index (Phi) is 3.71. The average molecular weight is 232 g/mol. The molecule has 0 saturated heterocycles. The molecular formula is C13H20N4. The van der Waals surface area contributed by atoms with E-state index in [9.17, 15) is 0 Å². The quantitative estimate of drug-likeness (QED) is 0.797. The topological polar surface area (TPSA) is 50.2 Å². The van der Waals surface area contributed by atoms with Crippen LogP contribution in [-0.2, 0) is 0 Å². The Hall–Kier alpha value is -1.45. The number of aryl methyl sites for hydroxylation is 2. The van der Waals surface area contributed by atoms with E-state index in [4.69, 9.17) is 0 Å². The van der Waals surface area contributed by atoms with Crippen LogP contribution in [0.1, 0.15) is 44.0 Å². The lowest BCUT2D eigenvalue weighted by Gasteiger charge is -2.18. The van der Waals surface area contributed by atoms with E-state index in [0.717, 1.165) is 30.1 Å². The molecule has 92 valence electrons. The number of rotatable bonds is 2. The van der Waals surface area contributed by atoms with Crippen LogP contribution in [0.25, 0.3) is 0 Å². The Morgan fingerprint density at radius 3 is 2.65 bits per heavy atom. The first-order valence-electron chi connectivity index (χ1n) is 6.27. The van der Waals surface area contributed by atoms with Crippen molar-refractivity contribution in [1.82, 2.24) is 9.97 Å². The summed E-state index contributed by atoms with van der Waals surface area (Å²) in [6, 6.07) is 1.96. The van der Waals surface area contributed by atoms with Crippen molar-refractivity contribution < 1.29 is 0 Å². The molecule has 0 amide bonds. The van der Waals surface area contributed by atoms with Crippen LogP contribution in [-0.4, -0.2) is 15.7 Å². The van der Waals surface area contributed by atoms with E-state index in [2.05, 4.69) is 27.4 Å². The Morgan fingerprint density at radius 2 is 2.00 bits per heavy atom. The standard InChI is InChI=1S/C13H20N4/c1-9-5-4-6-12(7-9)16-17-13-14-10(2)8-11(3)15-13/h8-9H,4-7H2,1-3H3,(H,14,15,17)/b16-12-/t9-/m1/s1. The maximum atomic E-state index is 4.43. The van der Waals surface area contributed by atoms with E-state index >= 15 is 0 Å². The van der Waals surface area contributed by atoms with Gasteiger partial charge in [-0.05, 0) is 51.5 Å². The maximum absolute atomic E-state index is 4.43. The van der Waals surface area contributed by atoms with Crippen molar-refractivity contribution in [2.45, 2.75) is 46.5 Å². The van der Waals surface area contributed by atoms with Gasteiger partial charge in [-0.2, -0.15) is 5.10 Å². The van der Waals surface area contributed by atoms with E-state index in [1.54, 1.807) is 0 Å². The Labute approximate surface area is 103 Å². The van der Waals surface area contributed by atoms with Crippen LogP contribution in [0.15, 0.2) is 11.2 Å². The van der Waals surface area contributed by atoms with Crippen molar-refractivity contribution in [2.24, 2.45) is 11.0 Å². The molecule has 1 N–H and O–H groups in total. The molecule has 0 radical (unpaired) electrons. The number of hydrogen-bond donors (Lipinski definition) is 1. The Balaban J connectivity index is 2.03. The van der Waals surface area contributed by atoms with Crippen LogP contribution in [0.2, 0.25) is 0 Å². The summed E-state index contributed by atoms with van der Waals surface area (Å²) in [5.74, 6) is 1.36. The van der Waals surface area contributed by atoms with Gasteiger partial charge in [0.25, 0.3) is 0 Å². The molecule has 0 bridgehead atoms. The second-order valence-electron chi connectivity index (χ2n) is 4.97. The van der Waals surface area contributed by atoms with E-state index in [0.29, 0.717) is 5.95 Å². The fraction of sp³-hybridized carbons (Fsp3) is 0.615. The van der Waals surface area contributed by atoms with Crippen LogP contribution in [0.5, 0.6) is 0 Å². The van der Waals surface area contributed by atoms with E-state index in [1.807, 2.05) is 19.9 Å². The molecule has 0 aromatic carbocycles. The molecule has 1 saturated carbocycles. The van der Waals surface area contributed by atoms with Crippen molar-refractivity contribution in [3.63, 3.8) is 0 Å². The molecular weight excluding hydrogens is 212 g/mol. The summed E-state index contributed by atoms with van der Waals surface area (Å²) in [6.07, 6.45) is 4.76. The number of hydrogen-bond acceptors (Lipinski definition) is 4. The average Bonchev–Trinajstić information content (AvgIpc) is 2.25. The number of nitrogens with one attached hydrogen (secondary N) is 1. The molecule has 0 spiro atoms. The summed E-state index contributed by atoms with van der Waals surface area (Å²) in [4.78, 5) is 8.62. The number of aromatic nitrogens is 2. The van der Waals surface area contributed by atoms with Gasteiger partial charge in [-0.1, -0.05) is 6.92 Å². The van der Waals surface area contributed by atoms with Gasteiger partial charge in [0.05, 0.1) is 0 Å². The third-order valence-electron chi connectivity index (χ3n) is 3.04. The molecule has 4 heteroatoms. The third kappa shape index (κ3) is 3.51. The highest BCUT2D eigenvalue weighted by Crippen LogP contribution is 2.21. The number of anilines is 1. The molecule has 1 heterocycles. The molecule has 0 aliphatic heterocycles. The van der Waals surface area contributed by atoms with Gasteiger partial charge in [-0.15, -0.1) is 0 Å². The van der Waals surface area contributed by atoms with Gasteiger partial charge in [0.15, 0.2) is 0 Å². The van der Waals surface area contributed by atoms with E-state index < -0.39 is 0 Å². The van der Waals surface area contributed by atoms with Crippen LogP contribution in [0.4, 0.5) is 5.95 Å². The Bertz CT molecular complexity index is 405. The SMILES string of the molecule is Cc1cc(C)nc(N/N=C2/CCC[C@@H](C)C2)n1. The summed E-state index contributed by atoms with van der Waals surface area (Å²) in [5, 5.41) is 4.43. The van der Waals surface area contributed by atoms with E-state index in [1.165, 1.54) is 18.6 Å². The van der Waals surface area contributed by atoms with Crippen LogP contribution in [0, 0.1) is 19.8 Å². The minimum atomic E-state index is 0.605. The molecule has 1 atom stereocenters. The first-order chi connectivity index (χ1) is 8.13. The zero-order valence-corrected chi connectivity index (χ0v) is 10.8. The largest absolute Gasteiger partial charge is 0.245 e. The molecule has 0 unspecified atom stereocenters. The van der Waals surface area contributed by atoms with Gasteiger partial charge < -0.3 is 0 Å². The predicted octanol–water partition coefficient (Wildman–Crippen LogP) is 3.07. The van der Waals surface area contributed by atoms with Gasteiger partial charge >= 0.3 is 0 Å². The van der Waals surface area contributed by atoms with Crippen molar-refractivity contribution in [2.75, 3.05) is 5.43 Å². The molecule has 2 rings (SSSR count). The lowest BCUT2D eigenvalue weighted by Crippen LogP contribution is -2.14. The maximum Gasteiger partial charge on any atom is 0.243 e. The lowest BCUT2D eigenvalue weighted by molar-refractivity contribution is 0.500. The minimum absolute atomic E-state index is 0.605. The molecule has 1 aromatic heterocycles. The highest BCUT2D eigenvalue weighted by Gasteiger charge is 2.13. The summed E-state index contributed by atoms with van der Waals surface area (Å²) >= 11 is 0. The van der Waals surface area contributed by atoms with Gasteiger partial charge in [0, 0.05) is 17.1 Å². The van der Waals surface area contributed by atoms with E-state index in [-0.39, 0.29) is 0 Å². The smallest absolute Gasteiger partial charge is 0.243 e. The fourth-order valence-electron chi connectivity index (χ4n) is 2.27. The monoisotopic (exact) mass is 232 g/mol. The summed E-state index contributed by atoms with van der Waals surface area (Å²) in [7, 11) is 0. The number of hydrazone groups is 1. The highest BCUT2D eigenvalue weighted by atomic mass is 15.4. The molecule has 1 aliphatic rings. The summed E-state index contributed by atoms with van der Waals surface area (Å²) in [6.45, 7) is 6.22. The zero-order chi connectivity index (χ0) is 12.3. The zero-order valence-electron chi connectivity index (χ0n) is 10.8. The van der Waals surface area contributed by atoms with Gasteiger partial charge in [0.1, 0.15) is 0 Å². The molecule has 1 aromatic rings. The fourth-order valence-corrected chi connectivity index (χ4v) is 2.27. The second kappa shape index (κ2) is 5.25. The minimum Gasteiger partial charge on any atom is -0.245 e. The normalized spacial score (nSPS) is 22.8. The predicted molar refractivity (Wildman–Crippen MR) is 70.2 cm³/mol. The summed E-state index contributed by atoms with van der Waals surface area (Å²) < 4.78 is 0. The van der Waals surface area contributed by atoms with Crippen LogP contribution >= 0.6 is 0 Å². The third-order valence-corrected chi connectivity index (χ3v) is 3.04. The van der Waals surface area contributed by atoms with Crippen molar-refractivity contribution in [1.29, 1.82) is 0 Å². The van der Waals surface area contributed by atoms with Crippen molar-refractivity contribution in [3.05, 3.63) is 17.5 Å². The van der Waals surface area contributed by atoms with Gasteiger partial charge in [-0.3, -0.25) is 0 Å².